The summed E-state index contributed by atoms with van der Waals surface area (Å²) in [6, 6.07) is 9.27. The van der Waals surface area contributed by atoms with Crippen molar-refractivity contribution in [3.63, 3.8) is 0 Å². The van der Waals surface area contributed by atoms with E-state index in [1.54, 1.807) is 23.2 Å². The Bertz CT molecular complexity index is 822. The van der Waals surface area contributed by atoms with Crippen LogP contribution in [0.15, 0.2) is 52.1 Å². The third kappa shape index (κ3) is 2.80. The molecule has 0 fully saturated rings. The maximum atomic E-state index is 12.6. The highest BCUT2D eigenvalue weighted by atomic mass is 16.3. The summed E-state index contributed by atoms with van der Waals surface area (Å²) in [4.78, 5) is 16.9. The van der Waals surface area contributed by atoms with Gasteiger partial charge in [0.2, 0.25) is 0 Å². The first-order valence-electron chi connectivity index (χ1n) is 7.27. The first kappa shape index (κ1) is 14.5. The molecular weight excluding hydrogens is 280 g/mol. The lowest BCUT2D eigenvalue weighted by molar-refractivity contribution is 0.203. The van der Waals surface area contributed by atoms with Crippen LogP contribution in [0.1, 0.15) is 11.3 Å². The van der Waals surface area contributed by atoms with Crippen molar-refractivity contribution in [3.05, 3.63) is 64.6 Å². The lowest BCUT2D eigenvalue weighted by Crippen LogP contribution is -2.27. The largest absolute Gasteiger partial charge is 0.469 e. The number of aliphatic hydroxyl groups is 1. The van der Waals surface area contributed by atoms with Gasteiger partial charge in [-0.05, 0) is 30.7 Å². The van der Waals surface area contributed by atoms with Crippen LogP contribution in [0.3, 0.4) is 0 Å². The molecule has 114 valence electrons. The van der Waals surface area contributed by atoms with Crippen molar-refractivity contribution in [1.29, 1.82) is 0 Å². The Morgan fingerprint density at radius 2 is 2.18 bits per heavy atom. The van der Waals surface area contributed by atoms with E-state index in [2.05, 4.69) is 4.98 Å². The van der Waals surface area contributed by atoms with Gasteiger partial charge in [-0.3, -0.25) is 9.36 Å². The number of aryl methyl sites for hydroxylation is 1. The minimum atomic E-state index is -0.0899. The number of fused-ring (bicyclic) bond motifs is 1. The molecule has 5 heteroatoms. The third-order valence-electron chi connectivity index (χ3n) is 3.84. The second kappa shape index (κ2) is 6.15. The average Bonchev–Trinajstić information content (AvgIpc) is 3.03. The normalized spacial score (nSPS) is 12.6. The topological polar surface area (TPSA) is 68.3 Å². The fourth-order valence-corrected chi connectivity index (χ4v) is 2.65. The molecule has 1 atom stereocenters. The third-order valence-corrected chi connectivity index (χ3v) is 3.84. The number of aromatic nitrogens is 2. The molecule has 1 aromatic carbocycles. The van der Waals surface area contributed by atoms with Crippen LogP contribution in [0.25, 0.3) is 10.9 Å². The van der Waals surface area contributed by atoms with E-state index in [0.717, 1.165) is 16.8 Å². The molecule has 0 spiro atoms. The molecule has 1 N–H and O–H groups in total. The summed E-state index contributed by atoms with van der Waals surface area (Å²) in [5.41, 5.74) is 1.64. The van der Waals surface area contributed by atoms with Gasteiger partial charge in [0.1, 0.15) is 5.76 Å². The predicted octanol–water partition coefficient (Wildman–Crippen LogP) is 2.15. The fourth-order valence-electron chi connectivity index (χ4n) is 2.65. The highest BCUT2D eigenvalue weighted by Gasteiger charge is 2.14. The average molecular weight is 298 g/mol. The lowest BCUT2D eigenvalue weighted by Gasteiger charge is -2.15. The van der Waals surface area contributed by atoms with E-state index >= 15 is 0 Å². The summed E-state index contributed by atoms with van der Waals surface area (Å²) in [6.07, 6.45) is 3.75. The van der Waals surface area contributed by atoms with Crippen molar-refractivity contribution < 1.29 is 9.52 Å². The first-order valence-corrected chi connectivity index (χ1v) is 7.27. The molecule has 0 amide bonds. The van der Waals surface area contributed by atoms with Gasteiger partial charge >= 0.3 is 0 Å². The van der Waals surface area contributed by atoms with Crippen LogP contribution >= 0.6 is 0 Å². The Balaban J connectivity index is 1.90. The van der Waals surface area contributed by atoms with Crippen LogP contribution in [-0.2, 0) is 13.0 Å². The number of para-hydroxylation sites is 1. The van der Waals surface area contributed by atoms with Crippen LogP contribution in [0.4, 0.5) is 0 Å². The number of nitrogens with zero attached hydrogens (tertiary/aromatic N) is 2. The molecule has 3 aromatic rings. The minimum Gasteiger partial charge on any atom is -0.469 e. The number of furan rings is 1. The Morgan fingerprint density at radius 3 is 2.91 bits per heavy atom. The number of aliphatic hydroxyl groups excluding tert-OH is 1. The summed E-state index contributed by atoms with van der Waals surface area (Å²) >= 11 is 0. The molecule has 0 radical (unpaired) electrons. The smallest absolute Gasteiger partial charge is 0.261 e. The monoisotopic (exact) mass is 298 g/mol. The molecule has 2 heterocycles. The molecule has 3 rings (SSSR count). The second-order valence-electron chi connectivity index (χ2n) is 5.51. The molecular formula is C17H18N2O3. The van der Waals surface area contributed by atoms with Crippen molar-refractivity contribution in [2.45, 2.75) is 19.9 Å². The Kier molecular flexibility index (Phi) is 4.06. The zero-order chi connectivity index (χ0) is 15.5. The number of rotatable bonds is 5. The SMILES string of the molecule is Cc1cccc2c(=O)n(C[C@H](CO)Cc3ccco3)cnc12. The van der Waals surface area contributed by atoms with Crippen molar-refractivity contribution in [3.8, 4) is 0 Å². The van der Waals surface area contributed by atoms with Gasteiger partial charge in [0.15, 0.2) is 0 Å². The van der Waals surface area contributed by atoms with E-state index in [0.29, 0.717) is 18.4 Å². The van der Waals surface area contributed by atoms with Crippen LogP contribution < -0.4 is 5.56 Å². The molecule has 0 unspecified atom stereocenters. The highest BCUT2D eigenvalue weighted by molar-refractivity contribution is 5.80. The molecule has 0 aliphatic rings. The van der Waals surface area contributed by atoms with Crippen molar-refractivity contribution in [2.24, 2.45) is 5.92 Å². The number of hydrogen-bond donors (Lipinski definition) is 1. The van der Waals surface area contributed by atoms with Gasteiger partial charge in [-0.1, -0.05) is 12.1 Å². The zero-order valence-corrected chi connectivity index (χ0v) is 12.4. The van der Waals surface area contributed by atoms with E-state index < -0.39 is 0 Å². The molecule has 0 aliphatic carbocycles. The Morgan fingerprint density at radius 1 is 1.32 bits per heavy atom. The summed E-state index contributed by atoms with van der Waals surface area (Å²) in [5.74, 6) is 0.713. The zero-order valence-electron chi connectivity index (χ0n) is 12.4. The maximum absolute atomic E-state index is 12.6. The van der Waals surface area contributed by atoms with Gasteiger partial charge in [-0.2, -0.15) is 0 Å². The van der Waals surface area contributed by atoms with Gasteiger partial charge in [0.25, 0.3) is 5.56 Å². The Labute approximate surface area is 127 Å². The van der Waals surface area contributed by atoms with Crippen molar-refractivity contribution >= 4 is 10.9 Å². The van der Waals surface area contributed by atoms with Crippen LogP contribution in [-0.4, -0.2) is 21.3 Å². The molecule has 5 nitrogen and oxygen atoms in total. The van der Waals surface area contributed by atoms with E-state index in [9.17, 15) is 9.90 Å². The van der Waals surface area contributed by atoms with Crippen LogP contribution in [0, 0.1) is 12.8 Å². The molecule has 0 bridgehead atoms. The molecule has 0 aliphatic heterocycles. The fraction of sp³-hybridized carbons (Fsp3) is 0.294. The van der Waals surface area contributed by atoms with E-state index in [1.165, 1.54) is 0 Å². The maximum Gasteiger partial charge on any atom is 0.261 e. The van der Waals surface area contributed by atoms with E-state index in [-0.39, 0.29) is 18.1 Å². The summed E-state index contributed by atoms with van der Waals surface area (Å²) in [5, 5.41) is 10.2. The second-order valence-corrected chi connectivity index (χ2v) is 5.51. The van der Waals surface area contributed by atoms with Crippen LogP contribution in [0.5, 0.6) is 0 Å². The van der Waals surface area contributed by atoms with E-state index in [4.69, 9.17) is 4.42 Å². The summed E-state index contributed by atoms with van der Waals surface area (Å²) in [6.45, 7) is 2.33. The van der Waals surface area contributed by atoms with Crippen LogP contribution in [0.2, 0.25) is 0 Å². The predicted molar refractivity (Wildman–Crippen MR) is 83.7 cm³/mol. The first-order chi connectivity index (χ1) is 10.7. The summed E-state index contributed by atoms with van der Waals surface area (Å²) in [7, 11) is 0. The quantitative estimate of drug-likeness (QED) is 0.783. The highest BCUT2D eigenvalue weighted by Crippen LogP contribution is 2.14. The molecule has 0 saturated heterocycles. The summed E-state index contributed by atoms with van der Waals surface area (Å²) < 4.78 is 6.87. The molecule has 0 saturated carbocycles. The molecule has 22 heavy (non-hydrogen) atoms. The van der Waals surface area contributed by atoms with Crippen molar-refractivity contribution in [1.82, 2.24) is 9.55 Å². The lowest BCUT2D eigenvalue weighted by atomic mass is 10.0. The molecule has 2 aromatic heterocycles. The van der Waals surface area contributed by atoms with E-state index in [1.807, 2.05) is 31.2 Å². The van der Waals surface area contributed by atoms with Crippen molar-refractivity contribution in [2.75, 3.05) is 6.61 Å². The van der Waals surface area contributed by atoms with Gasteiger partial charge < -0.3 is 9.52 Å². The van der Waals surface area contributed by atoms with Gasteiger partial charge in [-0.25, -0.2) is 4.98 Å². The van der Waals surface area contributed by atoms with Gasteiger partial charge in [0, 0.05) is 25.5 Å². The van der Waals surface area contributed by atoms with Gasteiger partial charge in [-0.15, -0.1) is 0 Å². The number of hydrogen-bond acceptors (Lipinski definition) is 4. The minimum absolute atomic E-state index is 0.0149. The van der Waals surface area contributed by atoms with Gasteiger partial charge in [0.05, 0.1) is 23.5 Å². The number of benzene rings is 1. The Hall–Kier alpha value is -2.40. The standard InChI is InChI=1S/C17H18N2O3/c1-12-4-2-6-15-16(12)18-11-19(17(15)21)9-13(10-20)8-14-5-3-7-22-14/h2-7,11,13,20H,8-10H2,1H3/t13-/m1/s1.